The first-order valence-electron chi connectivity index (χ1n) is 13.1. The molecule has 0 bridgehead atoms. The van der Waals surface area contributed by atoms with Gasteiger partial charge in [0, 0.05) is 44.8 Å². The first kappa shape index (κ1) is 28.0. The van der Waals surface area contributed by atoms with E-state index >= 15 is 0 Å². The fourth-order valence-corrected chi connectivity index (χ4v) is 4.99. The summed E-state index contributed by atoms with van der Waals surface area (Å²) in [6.07, 6.45) is 0.788. The summed E-state index contributed by atoms with van der Waals surface area (Å²) < 4.78 is 5.25. The van der Waals surface area contributed by atoms with Crippen LogP contribution in [-0.2, 0) is 9.53 Å². The van der Waals surface area contributed by atoms with Crippen molar-refractivity contribution < 1.29 is 19.1 Å². The molecule has 0 saturated heterocycles. The highest BCUT2D eigenvalue weighted by Crippen LogP contribution is 2.30. The van der Waals surface area contributed by atoms with Gasteiger partial charge in [0.25, 0.3) is 0 Å². The van der Waals surface area contributed by atoms with Crippen molar-refractivity contribution in [3.8, 4) is 0 Å². The van der Waals surface area contributed by atoms with Gasteiger partial charge in [0.1, 0.15) is 11.4 Å². The Morgan fingerprint density at radius 1 is 0.795 bits per heavy atom. The van der Waals surface area contributed by atoms with Gasteiger partial charge in [-0.05, 0) is 24.1 Å². The SMILES string of the molecule is COCCN(C(=O)CNCCC(c1ccccc1)c1ccccc1)C1=C(N(C)C)C(=O)c2ccccc2C1=O. The van der Waals surface area contributed by atoms with Crippen molar-refractivity contribution in [2.45, 2.75) is 12.3 Å². The topological polar surface area (TPSA) is 79.0 Å². The molecule has 1 aliphatic rings. The van der Waals surface area contributed by atoms with E-state index < -0.39 is 0 Å². The second kappa shape index (κ2) is 13.1. The normalized spacial score (nSPS) is 13.0. The molecule has 4 rings (SSSR count). The third-order valence-corrected chi connectivity index (χ3v) is 6.90. The van der Waals surface area contributed by atoms with Gasteiger partial charge in [-0.3, -0.25) is 14.4 Å². The average Bonchev–Trinajstić information content (AvgIpc) is 2.96. The van der Waals surface area contributed by atoms with Gasteiger partial charge in [0.2, 0.25) is 17.5 Å². The molecule has 3 aromatic rings. The maximum absolute atomic E-state index is 13.6. The number of amides is 1. The minimum absolute atomic E-state index is 0.0212. The molecule has 0 unspecified atom stereocenters. The van der Waals surface area contributed by atoms with Crippen LogP contribution < -0.4 is 5.32 Å². The number of rotatable bonds is 12. The molecule has 39 heavy (non-hydrogen) atoms. The summed E-state index contributed by atoms with van der Waals surface area (Å²) in [5, 5.41) is 3.28. The van der Waals surface area contributed by atoms with Gasteiger partial charge in [-0.15, -0.1) is 0 Å². The summed E-state index contributed by atoms with van der Waals surface area (Å²) in [5.41, 5.74) is 3.38. The fourth-order valence-electron chi connectivity index (χ4n) is 4.99. The number of likely N-dealkylation sites (N-methyl/N-ethyl adjacent to an activating group) is 1. The second-order valence-corrected chi connectivity index (χ2v) is 9.67. The van der Waals surface area contributed by atoms with Gasteiger partial charge in [0.15, 0.2) is 0 Å². The number of methoxy groups -OCH3 is 1. The Hall–Kier alpha value is -4.07. The molecule has 0 saturated carbocycles. The molecular weight excluding hydrogens is 490 g/mol. The Bertz CT molecular complexity index is 1300. The van der Waals surface area contributed by atoms with E-state index in [1.54, 1.807) is 50.4 Å². The molecule has 0 spiro atoms. The van der Waals surface area contributed by atoms with Gasteiger partial charge in [-0.2, -0.15) is 0 Å². The zero-order valence-corrected chi connectivity index (χ0v) is 22.7. The van der Waals surface area contributed by atoms with Crippen LogP contribution in [0.4, 0.5) is 0 Å². The summed E-state index contributed by atoms with van der Waals surface area (Å²) in [6.45, 7) is 0.992. The Kier molecular flexibility index (Phi) is 9.41. The van der Waals surface area contributed by atoms with E-state index in [-0.39, 0.29) is 54.5 Å². The van der Waals surface area contributed by atoms with E-state index in [0.29, 0.717) is 17.7 Å². The molecule has 0 aromatic heterocycles. The number of benzene rings is 3. The molecule has 7 heteroatoms. The zero-order chi connectivity index (χ0) is 27.8. The number of ketones is 2. The summed E-state index contributed by atoms with van der Waals surface area (Å²) in [6, 6.07) is 27.4. The number of allylic oxidation sites excluding steroid dienone is 2. The van der Waals surface area contributed by atoms with Crippen molar-refractivity contribution in [3.63, 3.8) is 0 Å². The summed E-state index contributed by atoms with van der Waals surface area (Å²) in [5.74, 6) is -0.733. The van der Waals surface area contributed by atoms with Gasteiger partial charge >= 0.3 is 0 Å². The number of carbonyl (C=O) groups excluding carboxylic acids is 3. The fraction of sp³-hybridized carbons (Fsp3) is 0.281. The number of carbonyl (C=O) groups is 3. The molecular formula is C32H35N3O4. The first-order chi connectivity index (χ1) is 18.9. The van der Waals surface area contributed by atoms with E-state index in [0.717, 1.165) is 6.42 Å². The van der Waals surface area contributed by atoms with Crippen LogP contribution in [0, 0.1) is 0 Å². The third-order valence-electron chi connectivity index (χ3n) is 6.90. The average molecular weight is 526 g/mol. The number of fused-ring (bicyclic) bond motifs is 1. The van der Waals surface area contributed by atoms with E-state index in [2.05, 4.69) is 29.6 Å². The molecule has 0 fully saturated rings. The molecule has 7 nitrogen and oxygen atoms in total. The smallest absolute Gasteiger partial charge is 0.241 e. The maximum Gasteiger partial charge on any atom is 0.241 e. The lowest BCUT2D eigenvalue weighted by molar-refractivity contribution is -0.128. The van der Waals surface area contributed by atoms with Gasteiger partial charge in [0.05, 0.1) is 13.2 Å². The molecule has 0 atom stereocenters. The highest BCUT2D eigenvalue weighted by molar-refractivity contribution is 6.27. The molecule has 0 radical (unpaired) electrons. The summed E-state index contributed by atoms with van der Waals surface area (Å²) in [7, 11) is 4.95. The molecule has 1 amide bonds. The van der Waals surface area contributed by atoms with Crippen LogP contribution in [0.2, 0.25) is 0 Å². The molecule has 0 aliphatic heterocycles. The Labute approximate surface area is 230 Å². The van der Waals surface area contributed by atoms with E-state index in [4.69, 9.17) is 4.74 Å². The minimum atomic E-state index is -0.341. The number of hydrogen-bond acceptors (Lipinski definition) is 6. The van der Waals surface area contributed by atoms with Crippen LogP contribution in [0.5, 0.6) is 0 Å². The number of ether oxygens (including phenoxy) is 1. The van der Waals surface area contributed by atoms with E-state index in [9.17, 15) is 14.4 Å². The van der Waals surface area contributed by atoms with Gasteiger partial charge in [-0.1, -0.05) is 84.9 Å². The largest absolute Gasteiger partial charge is 0.383 e. The van der Waals surface area contributed by atoms with Crippen molar-refractivity contribution in [2.24, 2.45) is 0 Å². The molecule has 3 aromatic carbocycles. The number of nitrogens with zero attached hydrogens (tertiary/aromatic N) is 2. The van der Waals surface area contributed by atoms with E-state index in [1.807, 2.05) is 36.4 Å². The molecule has 0 heterocycles. The van der Waals surface area contributed by atoms with Crippen LogP contribution in [0.15, 0.2) is 96.3 Å². The van der Waals surface area contributed by atoms with Crippen molar-refractivity contribution >= 4 is 17.5 Å². The third kappa shape index (κ3) is 6.33. The van der Waals surface area contributed by atoms with Crippen molar-refractivity contribution in [3.05, 3.63) is 119 Å². The lowest BCUT2D eigenvalue weighted by atomic mass is 9.88. The lowest BCUT2D eigenvalue weighted by Gasteiger charge is -2.32. The lowest BCUT2D eigenvalue weighted by Crippen LogP contribution is -2.45. The van der Waals surface area contributed by atoms with Crippen molar-refractivity contribution in [1.29, 1.82) is 0 Å². The standard InChI is InChI=1S/C32H35N3O4/c1-34(2)29-30(32(38)27-17-11-10-16-26(27)31(29)37)35(20-21-39-3)28(36)22-33-19-18-25(23-12-6-4-7-13-23)24-14-8-5-9-15-24/h4-17,25,33H,18-22H2,1-3H3. The minimum Gasteiger partial charge on any atom is -0.383 e. The Morgan fingerprint density at radius 2 is 1.31 bits per heavy atom. The number of Topliss-reactive ketones (excluding diaryl/α,β-unsaturated/α-hetero) is 2. The van der Waals surface area contributed by atoms with Gasteiger partial charge < -0.3 is 19.9 Å². The van der Waals surface area contributed by atoms with Gasteiger partial charge in [-0.25, -0.2) is 0 Å². The maximum atomic E-state index is 13.6. The second-order valence-electron chi connectivity index (χ2n) is 9.67. The van der Waals surface area contributed by atoms with Crippen LogP contribution in [-0.4, -0.2) is 74.7 Å². The highest BCUT2D eigenvalue weighted by atomic mass is 16.5. The van der Waals surface area contributed by atoms with Crippen LogP contribution in [0.3, 0.4) is 0 Å². The van der Waals surface area contributed by atoms with Crippen LogP contribution >= 0.6 is 0 Å². The molecule has 202 valence electrons. The molecule has 1 N–H and O–H groups in total. The van der Waals surface area contributed by atoms with Crippen LogP contribution in [0.25, 0.3) is 0 Å². The number of hydrogen-bond donors (Lipinski definition) is 1. The predicted molar refractivity (Wildman–Crippen MR) is 152 cm³/mol. The van der Waals surface area contributed by atoms with E-state index in [1.165, 1.54) is 16.0 Å². The molecule has 1 aliphatic carbocycles. The quantitative estimate of drug-likeness (QED) is 0.359. The summed E-state index contributed by atoms with van der Waals surface area (Å²) in [4.78, 5) is 43.6. The monoisotopic (exact) mass is 525 g/mol. The Morgan fingerprint density at radius 3 is 1.82 bits per heavy atom. The predicted octanol–water partition coefficient (Wildman–Crippen LogP) is 4.13. The zero-order valence-electron chi connectivity index (χ0n) is 22.7. The van der Waals surface area contributed by atoms with Crippen LogP contribution in [0.1, 0.15) is 44.2 Å². The summed E-state index contributed by atoms with van der Waals surface area (Å²) >= 11 is 0. The highest BCUT2D eigenvalue weighted by Gasteiger charge is 2.38. The first-order valence-corrected chi connectivity index (χ1v) is 13.1. The van der Waals surface area contributed by atoms with Crippen molar-refractivity contribution in [1.82, 2.24) is 15.1 Å². The van der Waals surface area contributed by atoms with Crippen molar-refractivity contribution in [2.75, 3.05) is 47.4 Å². The number of nitrogens with one attached hydrogen (secondary N) is 1. The Balaban J connectivity index is 1.52.